The van der Waals surface area contributed by atoms with Crippen LogP contribution in [0.3, 0.4) is 0 Å². The summed E-state index contributed by atoms with van der Waals surface area (Å²) in [7, 11) is 0. The van der Waals surface area contributed by atoms with E-state index in [2.05, 4.69) is 15.3 Å². The summed E-state index contributed by atoms with van der Waals surface area (Å²) in [6.45, 7) is 2.32. The number of urea groups is 1. The number of carbonyl (C=O) groups excluding carboxylic acids is 1. The Balaban J connectivity index is 1.86. The van der Waals surface area contributed by atoms with E-state index in [1.165, 1.54) is 0 Å². The zero-order valence-corrected chi connectivity index (χ0v) is 11.0. The first kappa shape index (κ1) is 14.2. The van der Waals surface area contributed by atoms with Gasteiger partial charge in [-0.3, -0.25) is 15.0 Å². The average molecular weight is 279 g/mol. The van der Waals surface area contributed by atoms with E-state index in [0.717, 1.165) is 6.42 Å². The van der Waals surface area contributed by atoms with Crippen molar-refractivity contribution in [2.24, 2.45) is 0 Å². The van der Waals surface area contributed by atoms with Gasteiger partial charge in [-0.1, -0.05) is 0 Å². The standard InChI is InChI=1S/C12H17N5O3/c18-10(19)9-16-5-2-6-17(8-7-16)12(20)15-11-13-3-1-4-14-11/h1,3-4H,2,5-9H2,(H,18,19)(H,13,14,15,20). The van der Waals surface area contributed by atoms with Gasteiger partial charge in [0.2, 0.25) is 5.95 Å². The van der Waals surface area contributed by atoms with Crippen LogP contribution < -0.4 is 5.32 Å². The van der Waals surface area contributed by atoms with E-state index in [-0.39, 0.29) is 18.5 Å². The first-order valence-electron chi connectivity index (χ1n) is 6.42. The van der Waals surface area contributed by atoms with Gasteiger partial charge < -0.3 is 10.0 Å². The smallest absolute Gasteiger partial charge is 0.324 e. The van der Waals surface area contributed by atoms with Gasteiger partial charge in [-0.15, -0.1) is 0 Å². The van der Waals surface area contributed by atoms with Gasteiger partial charge in [-0.2, -0.15) is 0 Å². The highest BCUT2D eigenvalue weighted by Gasteiger charge is 2.20. The molecule has 0 aliphatic carbocycles. The molecule has 0 unspecified atom stereocenters. The molecule has 0 bridgehead atoms. The third-order valence-electron chi connectivity index (χ3n) is 3.02. The second-order valence-corrected chi connectivity index (χ2v) is 4.51. The molecule has 2 N–H and O–H groups in total. The van der Waals surface area contributed by atoms with Crippen molar-refractivity contribution in [1.29, 1.82) is 0 Å². The lowest BCUT2D eigenvalue weighted by molar-refractivity contribution is -0.138. The molecular formula is C12H17N5O3. The van der Waals surface area contributed by atoms with E-state index in [0.29, 0.717) is 26.2 Å². The van der Waals surface area contributed by atoms with Crippen LogP contribution in [0.25, 0.3) is 0 Å². The van der Waals surface area contributed by atoms with E-state index < -0.39 is 5.97 Å². The van der Waals surface area contributed by atoms with Gasteiger partial charge in [0.1, 0.15) is 0 Å². The molecule has 108 valence electrons. The molecule has 0 spiro atoms. The van der Waals surface area contributed by atoms with Crippen molar-refractivity contribution < 1.29 is 14.7 Å². The molecule has 0 aromatic carbocycles. The van der Waals surface area contributed by atoms with Crippen LogP contribution in [0.5, 0.6) is 0 Å². The third-order valence-corrected chi connectivity index (χ3v) is 3.02. The molecular weight excluding hydrogens is 262 g/mol. The first-order valence-corrected chi connectivity index (χ1v) is 6.42. The van der Waals surface area contributed by atoms with Crippen molar-refractivity contribution in [1.82, 2.24) is 19.8 Å². The summed E-state index contributed by atoms with van der Waals surface area (Å²) < 4.78 is 0. The normalized spacial score (nSPS) is 16.5. The third kappa shape index (κ3) is 4.16. The SMILES string of the molecule is O=C(O)CN1CCCN(C(=O)Nc2ncccn2)CC1. The second kappa shape index (κ2) is 6.80. The number of hydrogen-bond donors (Lipinski definition) is 2. The molecule has 8 heteroatoms. The number of aliphatic carboxylic acids is 1. The molecule has 20 heavy (non-hydrogen) atoms. The van der Waals surface area contributed by atoms with Crippen molar-refractivity contribution >= 4 is 17.9 Å². The largest absolute Gasteiger partial charge is 0.480 e. The molecule has 2 heterocycles. The van der Waals surface area contributed by atoms with Crippen molar-refractivity contribution in [2.45, 2.75) is 6.42 Å². The maximum Gasteiger partial charge on any atom is 0.324 e. The number of amides is 2. The highest BCUT2D eigenvalue weighted by atomic mass is 16.4. The van der Waals surface area contributed by atoms with Gasteiger partial charge in [0.15, 0.2) is 0 Å². The van der Waals surface area contributed by atoms with E-state index >= 15 is 0 Å². The lowest BCUT2D eigenvalue weighted by Crippen LogP contribution is -2.39. The summed E-state index contributed by atoms with van der Waals surface area (Å²) in [6.07, 6.45) is 3.86. The highest BCUT2D eigenvalue weighted by molar-refractivity contribution is 5.87. The van der Waals surface area contributed by atoms with Gasteiger partial charge in [0.05, 0.1) is 6.54 Å². The Morgan fingerprint density at radius 1 is 1.20 bits per heavy atom. The Bertz CT molecular complexity index is 467. The minimum atomic E-state index is -0.847. The van der Waals surface area contributed by atoms with Crippen LogP contribution in [-0.2, 0) is 4.79 Å². The minimum Gasteiger partial charge on any atom is -0.480 e. The molecule has 1 saturated heterocycles. The fourth-order valence-corrected chi connectivity index (χ4v) is 2.06. The Morgan fingerprint density at radius 2 is 1.95 bits per heavy atom. The molecule has 1 aromatic rings. The molecule has 2 amide bonds. The Kier molecular flexibility index (Phi) is 4.83. The number of rotatable bonds is 3. The maximum atomic E-state index is 12.0. The van der Waals surface area contributed by atoms with Gasteiger partial charge in [-0.05, 0) is 12.5 Å². The van der Waals surface area contributed by atoms with Crippen LogP contribution >= 0.6 is 0 Å². The lowest BCUT2D eigenvalue weighted by atomic mass is 10.4. The van der Waals surface area contributed by atoms with Crippen LogP contribution in [0.15, 0.2) is 18.5 Å². The first-order chi connectivity index (χ1) is 9.65. The molecule has 0 radical (unpaired) electrons. The van der Waals surface area contributed by atoms with Crippen LogP contribution in [-0.4, -0.2) is 69.6 Å². The minimum absolute atomic E-state index is 0.0112. The van der Waals surface area contributed by atoms with Crippen molar-refractivity contribution in [3.05, 3.63) is 18.5 Å². The quantitative estimate of drug-likeness (QED) is 0.814. The van der Waals surface area contributed by atoms with Gasteiger partial charge in [0.25, 0.3) is 0 Å². The topological polar surface area (TPSA) is 98.7 Å². The molecule has 1 aliphatic rings. The summed E-state index contributed by atoms with van der Waals surface area (Å²) in [5, 5.41) is 11.4. The Hall–Kier alpha value is -2.22. The number of nitrogens with zero attached hydrogens (tertiary/aromatic N) is 4. The molecule has 1 aliphatic heterocycles. The number of nitrogens with one attached hydrogen (secondary N) is 1. The molecule has 0 saturated carbocycles. The predicted molar refractivity (Wildman–Crippen MR) is 71.3 cm³/mol. The van der Waals surface area contributed by atoms with Crippen LogP contribution in [0.2, 0.25) is 0 Å². The number of hydrogen-bond acceptors (Lipinski definition) is 5. The summed E-state index contributed by atoms with van der Waals surface area (Å²) in [6, 6.07) is 1.42. The molecule has 1 fully saturated rings. The fourth-order valence-electron chi connectivity index (χ4n) is 2.06. The zero-order chi connectivity index (χ0) is 14.4. The monoisotopic (exact) mass is 279 g/mol. The van der Waals surface area contributed by atoms with Crippen molar-refractivity contribution in [3.8, 4) is 0 Å². The summed E-state index contributed by atoms with van der Waals surface area (Å²) in [4.78, 5) is 34.1. The molecule has 2 rings (SSSR count). The van der Waals surface area contributed by atoms with E-state index in [1.807, 2.05) is 4.90 Å². The van der Waals surface area contributed by atoms with Gasteiger partial charge in [0, 0.05) is 38.6 Å². The fraction of sp³-hybridized carbons (Fsp3) is 0.500. The number of carbonyl (C=O) groups is 2. The van der Waals surface area contributed by atoms with Crippen LogP contribution in [0.4, 0.5) is 10.7 Å². The van der Waals surface area contributed by atoms with Gasteiger partial charge in [-0.25, -0.2) is 14.8 Å². The summed E-state index contributed by atoms with van der Waals surface area (Å²) in [5.41, 5.74) is 0. The lowest BCUT2D eigenvalue weighted by Gasteiger charge is -2.21. The molecule has 8 nitrogen and oxygen atoms in total. The van der Waals surface area contributed by atoms with Crippen molar-refractivity contribution in [3.63, 3.8) is 0 Å². The second-order valence-electron chi connectivity index (χ2n) is 4.51. The number of carboxylic acid groups (broad SMARTS) is 1. The van der Waals surface area contributed by atoms with Crippen LogP contribution in [0.1, 0.15) is 6.42 Å². The summed E-state index contributed by atoms with van der Waals surface area (Å²) in [5.74, 6) is -0.579. The molecule has 0 atom stereocenters. The number of aromatic nitrogens is 2. The van der Waals surface area contributed by atoms with Crippen molar-refractivity contribution in [2.75, 3.05) is 38.0 Å². The average Bonchev–Trinajstić information content (AvgIpc) is 2.65. The number of anilines is 1. The van der Waals surface area contributed by atoms with Gasteiger partial charge >= 0.3 is 12.0 Å². The predicted octanol–water partition coefficient (Wildman–Crippen LogP) is 0.101. The Labute approximate surface area is 116 Å². The van der Waals surface area contributed by atoms with E-state index in [1.54, 1.807) is 23.4 Å². The maximum absolute atomic E-state index is 12.0. The Morgan fingerprint density at radius 3 is 2.65 bits per heavy atom. The highest BCUT2D eigenvalue weighted by Crippen LogP contribution is 2.05. The molecule has 1 aromatic heterocycles. The number of carboxylic acids is 1. The van der Waals surface area contributed by atoms with E-state index in [9.17, 15) is 9.59 Å². The van der Waals surface area contributed by atoms with Crippen LogP contribution in [0, 0.1) is 0 Å². The van der Waals surface area contributed by atoms with E-state index in [4.69, 9.17) is 5.11 Å². The zero-order valence-electron chi connectivity index (χ0n) is 11.0. The summed E-state index contributed by atoms with van der Waals surface area (Å²) >= 11 is 0.